The van der Waals surface area contributed by atoms with Gasteiger partial charge in [0.05, 0.1) is 29.1 Å². The van der Waals surface area contributed by atoms with Crippen LogP contribution >= 0.6 is 0 Å². The topological polar surface area (TPSA) is 141 Å². The highest BCUT2D eigenvalue weighted by atomic mass is 16.5. The SMILES string of the molecule is [B]C(O)(O)N1C(=O)c2cccc(C#N)c2C2CC1c1nn3ccc(-c4cncnc4)nc3c12. The van der Waals surface area contributed by atoms with Crippen LogP contribution in [0.5, 0.6) is 0 Å². The van der Waals surface area contributed by atoms with Crippen molar-refractivity contribution in [1.82, 2.24) is 29.5 Å². The molecule has 2 aliphatic rings. The van der Waals surface area contributed by atoms with Crippen molar-refractivity contribution in [2.45, 2.75) is 24.2 Å². The Morgan fingerprint density at radius 2 is 1.97 bits per heavy atom. The van der Waals surface area contributed by atoms with Crippen molar-refractivity contribution in [3.05, 3.63) is 77.1 Å². The first-order valence-electron chi connectivity index (χ1n) is 10.1. The lowest BCUT2D eigenvalue weighted by Crippen LogP contribution is -2.53. The highest BCUT2D eigenvalue weighted by molar-refractivity contribution is 6.15. The number of carbonyl (C=O) groups excluding carboxylic acids is 1. The Labute approximate surface area is 188 Å². The number of aromatic nitrogens is 5. The molecule has 2 bridgehead atoms. The van der Waals surface area contributed by atoms with Crippen LogP contribution in [0.1, 0.15) is 51.1 Å². The molecule has 1 amide bonds. The second-order valence-corrected chi connectivity index (χ2v) is 8.05. The summed E-state index contributed by atoms with van der Waals surface area (Å²) < 4.78 is 1.58. The van der Waals surface area contributed by atoms with E-state index in [9.17, 15) is 20.3 Å². The maximum Gasteiger partial charge on any atom is 0.258 e. The third-order valence-corrected chi connectivity index (χ3v) is 6.22. The Kier molecular flexibility index (Phi) is 3.96. The van der Waals surface area contributed by atoms with Crippen LogP contribution in [0.4, 0.5) is 0 Å². The van der Waals surface area contributed by atoms with Crippen LogP contribution in [0, 0.1) is 11.3 Å². The number of amides is 1. The van der Waals surface area contributed by atoms with Gasteiger partial charge in [-0.2, -0.15) is 10.4 Å². The molecule has 0 fully saturated rings. The van der Waals surface area contributed by atoms with Gasteiger partial charge in [-0.15, -0.1) is 0 Å². The molecule has 1 aliphatic heterocycles. The van der Waals surface area contributed by atoms with Crippen LogP contribution in [0.25, 0.3) is 16.9 Å². The fourth-order valence-corrected chi connectivity index (χ4v) is 4.95. The predicted molar refractivity (Wildman–Crippen MR) is 113 cm³/mol. The van der Waals surface area contributed by atoms with E-state index < -0.39 is 23.7 Å². The van der Waals surface area contributed by atoms with Crippen LogP contribution in [0.15, 0.2) is 49.2 Å². The van der Waals surface area contributed by atoms with E-state index in [1.54, 1.807) is 47.4 Å². The molecule has 1 aliphatic carbocycles. The lowest BCUT2D eigenvalue weighted by Gasteiger charge is -2.37. The van der Waals surface area contributed by atoms with E-state index in [1.165, 1.54) is 6.33 Å². The minimum Gasteiger partial charge on any atom is -0.358 e. The first kappa shape index (κ1) is 19.5. The first-order valence-corrected chi connectivity index (χ1v) is 10.1. The van der Waals surface area contributed by atoms with Gasteiger partial charge >= 0.3 is 0 Å². The number of rotatable bonds is 2. The van der Waals surface area contributed by atoms with Gasteiger partial charge < -0.3 is 10.2 Å². The monoisotopic (exact) mass is 435 g/mol. The van der Waals surface area contributed by atoms with Gasteiger partial charge in [0, 0.05) is 41.2 Å². The highest BCUT2D eigenvalue weighted by Gasteiger charge is 2.51. The van der Waals surface area contributed by atoms with Crippen molar-refractivity contribution >= 4 is 19.4 Å². The van der Waals surface area contributed by atoms with Crippen molar-refractivity contribution in [2.24, 2.45) is 0 Å². The summed E-state index contributed by atoms with van der Waals surface area (Å²) in [4.78, 5) is 27.0. The smallest absolute Gasteiger partial charge is 0.258 e. The molecule has 33 heavy (non-hydrogen) atoms. The Balaban J connectivity index is 1.66. The van der Waals surface area contributed by atoms with Gasteiger partial charge in [-0.3, -0.25) is 9.69 Å². The average Bonchev–Trinajstić information content (AvgIpc) is 3.31. The lowest BCUT2D eigenvalue weighted by atomic mass is 9.87. The Bertz CT molecular complexity index is 1490. The van der Waals surface area contributed by atoms with Gasteiger partial charge in [-0.25, -0.2) is 19.5 Å². The molecule has 4 aromatic rings. The minimum absolute atomic E-state index is 0.192. The maximum absolute atomic E-state index is 13.4. The number of carbonyl (C=O) groups is 1. The van der Waals surface area contributed by atoms with E-state index in [1.807, 2.05) is 0 Å². The first-order chi connectivity index (χ1) is 15.9. The summed E-state index contributed by atoms with van der Waals surface area (Å²) in [6.45, 7) is 0. The standard InChI is InChI=1S/C22H14BN7O3/c23-22(32,33)30-16-6-14(17-11(7-24)2-1-3-13(17)21(30)31)18-19(16)28-29-5-4-15(27-20(18)29)12-8-25-10-26-9-12/h1-5,8-10,14,16,32-33H,6H2. The number of hydrogen-bond donors (Lipinski definition) is 2. The molecule has 2 unspecified atom stereocenters. The fraction of sp³-hybridized carbons (Fsp3) is 0.182. The normalized spacial score (nSPS) is 19.2. The molecule has 4 heterocycles. The summed E-state index contributed by atoms with van der Waals surface area (Å²) in [5.41, 5.74) is 4.07. The van der Waals surface area contributed by atoms with Crippen molar-refractivity contribution in [1.29, 1.82) is 5.26 Å². The summed E-state index contributed by atoms with van der Waals surface area (Å²) >= 11 is 0. The zero-order chi connectivity index (χ0) is 22.9. The molecule has 2 radical (unpaired) electrons. The van der Waals surface area contributed by atoms with E-state index in [0.29, 0.717) is 33.7 Å². The number of nitrogens with zero attached hydrogens (tertiary/aromatic N) is 7. The van der Waals surface area contributed by atoms with E-state index in [2.05, 4.69) is 21.1 Å². The zero-order valence-corrected chi connectivity index (χ0v) is 17.0. The zero-order valence-electron chi connectivity index (χ0n) is 17.0. The van der Waals surface area contributed by atoms with Gasteiger partial charge in [0.2, 0.25) is 0 Å². The van der Waals surface area contributed by atoms with Gasteiger partial charge in [-0.1, -0.05) is 6.07 Å². The minimum atomic E-state index is -2.92. The predicted octanol–water partition coefficient (Wildman–Crippen LogP) is 0.855. The molecule has 0 saturated carbocycles. The van der Waals surface area contributed by atoms with E-state index in [0.717, 1.165) is 10.5 Å². The lowest BCUT2D eigenvalue weighted by molar-refractivity contribution is -0.190. The molecule has 1 aromatic carbocycles. The molecule has 158 valence electrons. The molecule has 3 aromatic heterocycles. The molecule has 2 atom stereocenters. The number of benzene rings is 1. The molecule has 0 saturated heterocycles. The Morgan fingerprint density at radius 3 is 2.70 bits per heavy atom. The van der Waals surface area contributed by atoms with E-state index in [4.69, 9.17) is 12.8 Å². The summed E-state index contributed by atoms with van der Waals surface area (Å²) in [6.07, 6.45) is 6.74. The Hall–Kier alpha value is -4.14. The molecular formula is C22H14BN7O3. The fourth-order valence-electron chi connectivity index (χ4n) is 4.95. The highest BCUT2D eigenvalue weighted by Crippen LogP contribution is 2.53. The van der Waals surface area contributed by atoms with Crippen LogP contribution in [0.3, 0.4) is 0 Å². The molecule has 2 N–H and O–H groups in total. The van der Waals surface area contributed by atoms with E-state index >= 15 is 0 Å². The number of aliphatic hydroxyl groups is 2. The quantitative estimate of drug-likeness (QED) is 0.349. The molecule has 10 nitrogen and oxygen atoms in total. The van der Waals surface area contributed by atoms with Gasteiger partial charge in [0.15, 0.2) is 19.3 Å². The molecular weight excluding hydrogens is 421 g/mol. The van der Waals surface area contributed by atoms with Gasteiger partial charge in [0.1, 0.15) is 6.33 Å². The number of fused-ring (bicyclic) bond motifs is 9. The molecule has 11 heteroatoms. The maximum atomic E-state index is 13.4. The van der Waals surface area contributed by atoms with Crippen LogP contribution in [-0.4, -0.2) is 59.2 Å². The van der Waals surface area contributed by atoms with Crippen molar-refractivity contribution < 1.29 is 15.0 Å². The number of hydrogen-bond acceptors (Lipinski definition) is 8. The second kappa shape index (κ2) is 6.68. The van der Waals surface area contributed by atoms with Crippen molar-refractivity contribution in [3.8, 4) is 17.3 Å². The van der Waals surface area contributed by atoms with Crippen molar-refractivity contribution in [2.75, 3.05) is 0 Å². The Morgan fingerprint density at radius 1 is 1.18 bits per heavy atom. The summed E-state index contributed by atoms with van der Waals surface area (Å²) in [5, 5.41) is 35.0. The molecule has 6 rings (SSSR count). The van der Waals surface area contributed by atoms with Crippen LogP contribution < -0.4 is 0 Å². The average molecular weight is 435 g/mol. The molecule has 0 spiro atoms. The third-order valence-electron chi connectivity index (χ3n) is 6.22. The summed E-state index contributed by atoms with van der Waals surface area (Å²) in [5.74, 6) is -4.02. The summed E-state index contributed by atoms with van der Waals surface area (Å²) in [6, 6.07) is 7.88. The second-order valence-electron chi connectivity index (χ2n) is 8.05. The summed E-state index contributed by atoms with van der Waals surface area (Å²) in [7, 11) is 5.62. The van der Waals surface area contributed by atoms with Crippen LogP contribution in [-0.2, 0) is 0 Å². The van der Waals surface area contributed by atoms with Crippen LogP contribution in [0.2, 0.25) is 0 Å². The largest absolute Gasteiger partial charge is 0.358 e. The van der Waals surface area contributed by atoms with Gasteiger partial charge in [0.25, 0.3) is 5.91 Å². The van der Waals surface area contributed by atoms with Crippen molar-refractivity contribution in [3.63, 3.8) is 0 Å². The number of nitriles is 1. The van der Waals surface area contributed by atoms with E-state index in [-0.39, 0.29) is 12.0 Å². The third kappa shape index (κ3) is 2.71. The van der Waals surface area contributed by atoms with Gasteiger partial charge in [-0.05, 0) is 30.2 Å².